The number of hydrogen-bond acceptors (Lipinski definition) is 7. The summed E-state index contributed by atoms with van der Waals surface area (Å²) in [4.78, 5) is 31.3. The van der Waals surface area contributed by atoms with E-state index < -0.39 is 23.8 Å². The molecule has 0 saturated carbocycles. The molecule has 0 aliphatic carbocycles. The van der Waals surface area contributed by atoms with Crippen molar-refractivity contribution in [2.75, 3.05) is 55.8 Å². The predicted molar refractivity (Wildman–Crippen MR) is 155 cm³/mol. The average molecular weight is 583 g/mol. The number of ether oxygens (including phenoxy) is 1. The zero-order chi connectivity index (χ0) is 30.0. The first-order valence-corrected chi connectivity index (χ1v) is 13.5. The minimum absolute atomic E-state index is 0.151. The number of benzene rings is 2. The number of nitrogens with zero attached hydrogens (tertiary/aromatic N) is 2. The molecule has 42 heavy (non-hydrogen) atoms. The van der Waals surface area contributed by atoms with E-state index in [4.69, 9.17) is 10.5 Å². The number of nitrogens with two attached hydrogens (primary N) is 1. The van der Waals surface area contributed by atoms with Gasteiger partial charge in [0.2, 0.25) is 11.8 Å². The van der Waals surface area contributed by atoms with E-state index in [1.54, 1.807) is 54.6 Å². The van der Waals surface area contributed by atoms with Crippen molar-refractivity contribution in [1.29, 1.82) is 0 Å². The normalized spacial score (nSPS) is 14.9. The van der Waals surface area contributed by atoms with Crippen LogP contribution in [0.25, 0.3) is 6.08 Å². The summed E-state index contributed by atoms with van der Waals surface area (Å²) in [5.41, 5.74) is 7.33. The van der Waals surface area contributed by atoms with Crippen LogP contribution in [-0.2, 0) is 20.5 Å². The van der Waals surface area contributed by atoms with Crippen LogP contribution in [0, 0.1) is 0 Å². The third kappa shape index (κ3) is 9.13. The number of morpholine rings is 1. The van der Waals surface area contributed by atoms with Crippen LogP contribution in [0.4, 0.5) is 30.2 Å². The summed E-state index contributed by atoms with van der Waals surface area (Å²) in [6.07, 6.45) is 0.217. The topological polar surface area (TPSA) is 122 Å². The Labute approximate surface area is 241 Å². The number of nitrogen functional groups attached to an aromatic ring is 1. The van der Waals surface area contributed by atoms with Crippen LogP contribution in [0.3, 0.4) is 0 Å². The minimum Gasteiger partial charge on any atom is -0.397 e. The molecule has 0 radical (unpaired) electrons. The molecular formula is C30H33F3N6O3. The smallest absolute Gasteiger partial charge is 0.397 e. The van der Waals surface area contributed by atoms with E-state index in [-0.39, 0.29) is 11.6 Å². The number of carbonyl (C=O) groups is 2. The number of hydrogen-bond donors (Lipinski definition) is 4. The molecule has 2 amide bonds. The summed E-state index contributed by atoms with van der Waals surface area (Å²) in [7, 11) is 0. The first kappa shape index (κ1) is 30.7. The Morgan fingerprint density at radius 2 is 1.76 bits per heavy atom. The number of rotatable bonds is 11. The van der Waals surface area contributed by atoms with E-state index in [9.17, 15) is 22.8 Å². The highest BCUT2D eigenvalue weighted by Crippen LogP contribution is 2.28. The van der Waals surface area contributed by atoms with Gasteiger partial charge in [-0.2, -0.15) is 13.2 Å². The number of aromatic nitrogens is 1. The summed E-state index contributed by atoms with van der Waals surface area (Å²) >= 11 is 0. The summed E-state index contributed by atoms with van der Waals surface area (Å²) in [5, 5.41) is 8.65. The second-order valence-corrected chi connectivity index (χ2v) is 9.69. The Bertz CT molecular complexity index is 1360. The van der Waals surface area contributed by atoms with Crippen LogP contribution in [-0.4, -0.2) is 61.1 Å². The largest absolute Gasteiger partial charge is 0.433 e. The van der Waals surface area contributed by atoms with Gasteiger partial charge in [-0.15, -0.1) is 0 Å². The number of halogens is 3. The van der Waals surface area contributed by atoms with Crippen molar-refractivity contribution in [2.45, 2.75) is 18.6 Å². The Hall–Kier alpha value is -4.26. The van der Waals surface area contributed by atoms with Crippen LogP contribution in [0.5, 0.6) is 0 Å². The number of nitrogens with one attached hydrogen (secondary N) is 3. The lowest BCUT2D eigenvalue weighted by Gasteiger charge is -2.27. The number of para-hydroxylation sites is 2. The molecule has 1 aromatic heterocycles. The van der Waals surface area contributed by atoms with Crippen molar-refractivity contribution < 1.29 is 27.5 Å². The van der Waals surface area contributed by atoms with Crippen LogP contribution < -0.4 is 21.7 Å². The van der Waals surface area contributed by atoms with Gasteiger partial charge >= 0.3 is 6.18 Å². The Kier molecular flexibility index (Phi) is 10.7. The highest BCUT2D eigenvalue weighted by Gasteiger charge is 2.32. The van der Waals surface area contributed by atoms with Crippen molar-refractivity contribution in [3.05, 3.63) is 89.8 Å². The molecular weight excluding hydrogens is 549 g/mol. The number of amides is 2. The van der Waals surface area contributed by atoms with Gasteiger partial charge < -0.3 is 26.4 Å². The molecule has 2 aromatic carbocycles. The number of anilines is 3. The minimum atomic E-state index is -4.57. The standard InChI is InChI=1S/C30H33F3N6O3/c31-30(32,33)26-12-11-23(20-36-26)37-29(41)28(35-14-3-15-39-16-18-42-19-17-39)22-9-6-21(7-10-22)8-13-27(40)38-25-5-2-1-4-24(25)34/h1-2,4-13,20,28,35H,3,14-19,34H2,(H,37,41)(H,38,40). The summed E-state index contributed by atoms with van der Waals surface area (Å²) in [6.45, 7) is 4.48. The van der Waals surface area contributed by atoms with E-state index in [2.05, 4.69) is 25.8 Å². The lowest BCUT2D eigenvalue weighted by Crippen LogP contribution is -2.39. The molecule has 3 aromatic rings. The third-order valence-electron chi connectivity index (χ3n) is 6.60. The van der Waals surface area contributed by atoms with Gasteiger partial charge in [0.05, 0.1) is 36.5 Å². The number of pyridine rings is 1. The quantitative estimate of drug-likeness (QED) is 0.151. The summed E-state index contributed by atoms with van der Waals surface area (Å²) in [5.74, 6) is -0.785. The highest BCUT2D eigenvalue weighted by molar-refractivity contribution is 6.03. The van der Waals surface area contributed by atoms with Crippen molar-refractivity contribution in [2.24, 2.45) is 0 Å². The Morgan fingerprint density at radius 3 is 2.43 bits per heavy atom. The van der Waals surface area contributed by atoms with Gasteiger partial charge in [0, 0.05) is 19.2 Å². The van der Waals surface area contributed by atoms with E-state index >= 15 is 0 Å². The first-order valence-electron chi connectivity index (χ1n) is 13.5. The number of carbonyl (C=O) groups excluding carboxylic acids is 2. The summed E-state index contributed by atoms with van der Waals surface area (Å²) in [6, 6.07) is 15.2. The number of alkyl halides is 3. The molecule has 0 spiro atoms. The fraction of sp³-hybridized carbons (Fsp3) is 0.300. The second-order valence-electron chi connectivity index (χ2n) is 9.69. The second kappa shape index (κ2) is 14.6. The average Bonchev–Trinajstić information content (AvgIpc) is 2.98. The van der Waals surface area contributed by atoms with Gasteiger partial charge in [0.25, 0.3) is 0 Å². The molecule has 0 bridgehead atoms. The molecule has 1 saturated heterocycles. The first-order chi connectivity index (χ1) is 20.2. The van der Waals surface area contributed by atoms with E-state index in [1.165, 1.54) is 12.1 Å². The maximum absolute atomic E-state index is 13.3. The van der Waals surface area contributed by atoms with Crippen LogP contribution in [0.2, 0.25) is 0 Å². The summed E-state index contributed by atoms with van der Waals surface area (Å²) < 4.78 is 44.0. The molecule has 5 N–H and O–H groups in total. The van der Waals surface area contributed by atoms with E-state index in [1.807, 2.05) is 0 Å². The van der Waals surface area contributed by atoms with Gasteiger partial charge in [-0.3, -0.25) is 14.5 Å². The maximum atomic E-state index is 13.3. The van der Waals surface area contributed by atoms with Gasteiger partial charge in [-0.05, 0) is 61.0 Å². The third-order valence-corrected chi connectivity index (χ3v) is 6.60. The van der Waals surface area contributed by atoms with Crippen molar-refractivity contribution in [3.63, 3.8) is 0 Å². The van der Waals surface area contributed by atoms with Gasteiger partial charge in [0.1, 0.15) is 11.7 Å². The van der Waals surface area contributed by atoms with Crippen LogP contribution in [0.1, 0.15) is 29.3 Å². The lowest BCUT2D eigenvalue weighted by atomic mass is 10.0. The van der Waals surface area contributed by atoms with Gasteiger partial charge in [-0.1, -0.05) is 36.4 Å². The fourth-order valence-electron chi connectivity index (χ4n) is 4.34. The molecule has 12 heteroatoms. The maximum Gasteiger partial charge on any atom is 0.433 e. The van der Waals surface area contributed by atoms with Crippen molar-refractivity contribution >= 4 is 35.0 Å². The zero-order valence-electron chi connectivity index (χ0n) is 22.9. The van der Waals surface area contributed by atoms with Gasteiger partial charge in [-0.25, -0.2) is 4.98 Å². The molecule has 9 nitrogen and oxygen atoms in total. The SMILES string of the molecule is Nc1ccccc1NC(=O)C=Cc1ccc(C(NCCCN2CCOCC2)C(=O)Nc2ccc(C(F)(F)F)nc2)cc1. The molecule has 4 rings (SSSR count). The van der Waals surface area contributed by atoms with E-state index in [0.717, 1.165) is 43.9 Å². The Morgan fingerprint density at radius 1 is 1.02 bits per heavy atom. The molecule has 1 fully saturated rings. The van der Waals surface area contributed by atoms with E-state index in [0.29, 0.717) is 36.7 Å². The molecule has 1 unspecified atom stereocenters. The highest BCUT2D eigenvalue weighted by atomic mass is 19.4. The zero-order valence-corrected chi connectivity index (χ0v) is 22.9. The molecule has 1 aliphatic heterocycles. The predicted octanol–water partition coefficient (Wildman–Crippen LogP) is 4.33. The van der Waals surface area contributed by atoms with Crippen LogP contribution in [0.15, 0.2) is 72.9 Å². The monoisotopic (exact) mass is 582 g/mol. The Balaban J connectivity index is 1.41. The van der Waals surface area contributed by atoms with Crippen molar-refractivity contribution in [1.82, 2.24) is 15.2 Å². The van der Waals surface area contributed by atoms with Gasteiger partial charge in [0.15, 0.2) is 0 Å². The lowest BCUT2D eigenvalue weighted by molar-refractivity contribution is -0.141. The molecule has 1 aliphatic rings. The molecule has 2 heterocycles. The van der Waals surface area contributed by atoms with Crippen LogP contribution >= 0.6 is 0 Å². The fourth-order valence-corrected chi connectivity index (χ4v) is 4.34. The molecule has 222 valence electrons. The molecule has 1 atom stereocenters. The van der Waals surface area contributed by atoms with Crippen molar-refractivity contribution in [3.8, 4) is 0 Å².